The number of halogens is 1. The van der Waals surface area contributed by atoms with Gasteiger partial charge in [0.25, 0.3) is 0 Å². The van der Waals surface area contributed by atoms with Crippen LogP contribution < -0.4 is 0 Å². The van der Waals surface area contributed by atoms with Crippen molar-refractivity contribution >= 4 is 17.6 Å². The number of carbonyl (C=O) groups excluding carboxylic acids is 1. The van der Waals surface area contributed by atoms with Crippen LogP contribution in [0.5, 0.6) is 0 Å². The molecule has 0 bridgehead atoms. The predicted octanol–water partition coefficient (Wildman–Crippen LogP) is 3.47. The monoisotopic (exact) mass is 261 g/mol. The Hall–Kier alpha value is -2.00. The van der Waals surface area contributed by atoms with Crippen molar-refractivity contribution in [3.8, 4) is 5.69 Å². The zero-order chi connectivity index (χ0) is 13.0. The molecule has 18 heavy (non-hydrogen) atoms. The van der Waals surface area contributed by atoms with Gasteiger partial charge in [-0.1, -0.05) is 24.3 Å². The van der Waals surface area contributed by atoms with Crippen LogP contribution in [0.4, 0.5) is 0 Å². The lowest BCUT2D eigenvalue weighted by molar-refractivity contribution is 0.0550. The van der Waals surface area contributed by atoms with Crippen LogP contribution in [0.15, 0.2) is 55.4 Å². The van der Waals surface area contributed by atoms with Crippen LogP contribution in [0.3, 0.4) is 0 Å². The lowest BCUT2D eigenvalue weighted by Gasteiger charge is -2.08. The number of hydrogen-bond acceptors (Lipinski definition) is 2. The Balaban J connectivity index is 2.32. The van der Waals surface area contributed by atoms with Gasteiger partial charge < -0.3 is 9.30 Å². The molecular formula is C14H12ClNO2. The second-order valence-electron chi connectivity index (χ2n) is 3.64. The van der Waals surface area contributed by atoms with Gasteiger partial charge in [0.15, 0.2) is 0 Å². The molecule has 0 radical (unpaired) electrons. The molecule has 2 rings (SSSR count). The molecule has 0 aliphatic carbocycles. The van der Waals surface area contributed by atoms with E-state index < -0.39 is 5.97 Å². The molecule has 0 atom stereocenters. The highest BCUT2D eigenvalue weighted by Crippen LogP contribution is 2.21. The summed E-state index contributed by atoms with van der Waals surface area (Å²) in [6.45, 7) is 3.66. The van der Waals surface area contributed by atoms with E-state index in [-0.39, 0.29) is 6.61 Å². The minimum atomic E-state index is -0.450. The molecule has 0 aliphatic heterocycles. The van der Waals surface area contributed by atoms with Gasteiger partial charge >= 0.3 is 5.97 Å². The summed E-state index contributed by atoms with van der Waals surface area (Å²) in [5, 5.41) is 0.375. The first-order chi connectivity index (χ1) is 8.72. The van der Waals surface area contributed by atoms with E-state index in [9.17, 15) is 4.79 Å². The van der Waals surface area contributed by atoms with Crippen molar-refractivity contribution in [2.75, 3.05) is 6.61 Å². The van der Waals surface area contributed by atoms with Crippen LogP contribution in [-0.2, 0) is 4.74 Å². The highest BCUT2D eigenvalue weighted by atomic mass is 35.5. The molecule has 92 valence electrons. The van der Waals surface area contributed by atoms with Gasteiger partial charge in [-0.2, -0.15) is 0 Å². The van der Waals surface area contributed by atoms with Gasteiger partial charge in [-0.05, 0) is 30.3 Å². The normalized spacial score (nSPS) is 10.1. The van der Waals surface area contributed by atoms with E-state index in [4.69, 9.17) is 16.3 Å². The summed E-state index contributed by atoms with van der Waals surface area (Å²) in [7, 11) is 0. The number of aromatic nitrogens is 1. The number of ether oxygens (including phenoxy) is 1. The summed E-state index contributed by atoms with van der Waals surface area (Å²) >= 11 is 6.00. The molecule has 0 saturated carbocycles. The SMILES string of the molecule is C=CCOC(=O)c1cc(-n2cccc2)ccc1Cl. The molecule has 0 N–H and O–H groups in total. The van der Waals surface area contributed by atoms with Crippen LogP contribution in [0, 0.1) is 0 Å². The van der Waals surface area contributed by atoms with Gasteiger partial charge in [-0.25, -0.2) is 4.79 Å². The van der Waals surface area contributed by atoms with Crippen LogP contribution in [0.25, 0.3) is 5.69 Å². The highest BCUT2D eigenvalue weighted by molar-refractivity contribution is 6.33. The number of carbonyl (C=O) groups is 1. The third kappa shape index (κ3) is 2.63. The summed E-state index contributed by atoms with van der Waals surface area (Å²) in [6.07, 6.45) is 5.30. The first-order valence-corrected chi connectivity index (χ1v) is 5.81. The second kappa shape index (κ2) is 5.56. The Morgan fingerprint density at radius 3 is 2.78 bits per heavy atom. The van der Waals surface area contributed by atoms with Gasteiger partial charge in [0.2, 0.25) is 0 Å². The zero-order valence-electron chi connectivity index (χ0n) is 9.67. The molecule has 1 heterocycles. The van der Waals surface area contributed by atoms with Crippen molar-refractivity contribution in [2.45, 2.75) is 0 Å². The average molecular weight is 262 g/mol. The summed E-state index contributed by atoms with van der Waals surface area (Å²) in [5.74, 6) is -0.450. The molecule has 0 aliphatic rings. The quantitative estimate of drug-likeness (QED) is 0.623. The van der Waals surface area contributed by atoms with E-state index in [2.05, 4.69) is 6.58 Å². The van der Waals surface area contributed by atoms with Crippen LogP contribution in [0.2, 0.25) is 5.02 Å². The van der Waals surface area contributed by atoms with Gasteiger partial charge in [0.1, 0.15) is 6.61 Å². The van der Waals surface area contributed by atoms with Crippen molar-refractivity contribution in [3.63, 3.8) is 0 Å². The lowest BCUT2D eigenvalue weighted by Crippen LogP contribution is -2.06. The third-order valence-electron chi connectivity index (χ3n) is 2.40. The Morgan fingerprint density at radius 1 is 1.39 bits per heavy atom. The highest BCUT2D eigenvalue weighted by Gasteiger charge is 2.12. The molecular weight excluding hydrogens is 250 g/mol. The van der Waals surface area contributed by atoms with Crippen LogP contribution >= 0.6 is 11.6 Å². The lowest BCUT2D eigenvalue weighted by atomic mass is 10.2. The summed E-state index contributed by atoms with van der Waals surface area (Å²) in [5.41, 5.74) is 1.21. The summed E-state index contributed by atoms with van der Waals surface area (Å²) in [4.78, 5) is 11.8. The Bertz CT molecular complexity index is 561. The number of rotatable bonds is 4. The minimum Gasteiger partial charge on any atom is -0.458 e. The van der Waals surface area contributed by atoms with Gasteiger partial charge in [0, 0.05) is 18.1 Å². The van der Waals surface area contributed by atoms with E-state index in [1.807, 2.05) is 35.2 Å². The third-order valence-corrected chi connectivity index (χ3v) is 2.73. The second-order valence-corrected chi connectivity index (χ2v) is 4.05. The van der Waals surface area contributed by atoms with Crippen molar-refractivity contribution in [3.05, 3.63) is 66.0 Å². The zero-order valence-corrected chi connectivity index (χ0v) is 10.4. The molecule has 0 unspecified atom stereocenters. The largest absolute Gasteiger partial charge is 0.458 e. The molecule has 0 saturated heterocycles. The Labute approximate surface area is 110 Å². The van der Waals surface area contributed by atoms with E-state index >= 15 is 0 Å². The van der Waals surface area contributed by atoms with Gasteiger partial charge in [0.05, 0.1) is 10.6 Å². The standard InChI is InChI=1S/C14H12ClNO2/c1-2-9-18-14(17)12-10-11(5-6-13(12)15)16-7-3-4-8-16/h2-8,10H,1,9H2. The van der Waals surface area contributed by atoms with Crippen molar-refractivity contribution in [2.24, 2.45) is 0 Å². The average Bonchev–Trinajstić information content (AvgIpc) is 2.90. The number of benzene rings is 1. The smallest absolute Gasteiger partial charge is 0.340 e. The summed E-state index contributed by atoms with van der Waals surface area (Å²) < 4.78 is 6.87. The molecule has 1 aromatic carbocycles. The maximum absolute atomic E-state index is 11.8. The summed E-state index contributed by atoms with van der Waals surface area (Å²) in [6, 6.07) is 9.04. The number of esters is 1. The Kier molecular flexibility index (Phi) is 3.85. The molecule has 2 aromatic rings. The van der Waals surface area contributed by atoms with Crippen molar-refractivity contribution in [1.29, 1.82) is 0 Å². The molecule has 0 fully saturated rings. The molecule has 0 amide bonds. The van der Waals surface area contributed by atoms with E-state index in [0.29, 0.717) is 10.6 Å². The van der Waals surface area contributed by atoms with Crippen molar-refractivity contribution < 1.29 is 9.53 Å². The molecule has 0 spiro atoms. The van der Waals surface area contributed by atoms with Crippen LogP contribution in [-0.4, -0.2) is 17.1 Å². The maximum Gasteiger partial charge on any atom is 0.340 e. The fraction of sp³-hybridized carbons (Fsp3) is 0.0714. The van der Waals surface area contributed by atoms with E-state index in [1.165, 1.54) is 6.08 Å². The van der Waals surface area contributed by atoms with Crippen molar-refractivity contribution in [1.82, 2.24) is 4.57 Å². The van der Waals surface area contributed by atoms with E-state index in [0.717, 1.165) is 5.69 Å². The fourth-order valence-corrected chi connectivity index (χ4v) is 1.74. The maximum atomic E-state index is 11.8. The van der Waals surface area contributed by atoms with E-state index in [1.54, 1.807) is 12.1 Å². The number of nitrogens with zero attached hydrogens (tertiary/aromatic N) is 1. The van der Waals surface area contributed by atoms with Gasteiger partial charge in [-0.3, -0.25) is 0 Å². The molecule has 3 nitrogen and oxygen atoms in total. The van der Waals surface area contributed by atoms with Gasteiger partial charge in [-0.15, -0.1) is 0 Å². The number of hydrogen-bond donors (Lipinski definition) is 0. The van der Waals surface area contributed by atoms with Crippen LogP contribution in [0.1, 0.15) is 10.4 Å². The Morgan fingerprint density at radius 2 is 2.11 bits per heavy atom. The first-order valence-electron chi connectivity index (χ1n) is 5.43. The minimum absolute atomic E-state index is 0.170. The first kappa shape index (κ1) is 12.5. The molecule has 1 aromatic heterocycles. The molecule has 4 heteroatoms. The fourth-order valence-electron chi connectivity index (χ4n) is 1.55. The predicted molar refractivity (Wildman–Crippen MR) is 71.3 cm³/mol. The topological polar surface area (TPSA) is 31.2 Å².